The zero-order chi connectivity index (χ0) is 16.3. The molecule has 0 unspecified atom stereocenters. The topological polar surface area (TPSA) is 37.0 Å². The fraction of sp³-hybridized carbons (Fsp3) is 0.211. The lowest BCUT2D eigenvalue weighted by Gasteiger charge is -2.09. The smallest absolute Gasteiger partial charge is 0.217 e. The first-order valence-electron chi connectivity index (χ1n) is 7.52. The van der Waals surface area contributed by atoms with Crippen molar-refractivity contribution in [3.63, 3.8) is 0 Å². The highest BCUT2D eigenvalue weighted by molar-refractivity contribution is 5.95. The first kappa shape index (κ1) is 13.5. The van der Waals surface area contributed by atoms with E-state index in [1.54, 1.807) is 12.1 Å². The van der Waals surface area contributed by atoms with Crippen LogP contribution < -0.4 is 4.68 Å². The Morgan fingerprint density at radius 3 is 2.74 bits per heavy atom. The molecule has 0 N–H and O–H groups in total. The van der Waals surface area contributed by atoms with Crippen LogP contribution in [-0.2, 0) is 6.54 Å². The van der Waals surface area contributed by atoms with Crippen molar-refractivity contribution in [2.45, 2.75) is 27.3 Å². The largest absolute Gasteiger partial charge is 0.236 e. The molecule has 4 heteroatoms. The number of hydrogen-bond donors (Lipinski definition) is 0. The van der Waals surface area contributed by atoms with Crippen molar-refractivity contribution in [2.75, 3.05) is 0 Å². The number of fused-ring (bicyclic) bond motifs is 5. The minimum atomic E-state index is 0.586. The van der Waals surface area contributed by atoms with Crippen molar-refractivity contribution in [3.8, 4) is 11.8 Å². The van der Waals surface area contributed by atoms with Gasteiger partial charge in [0.2, 0.25) is 11.9 Å². The molecule has 0 saturated carbocycles. The number of nitrogens with zero attached hydrogens (tertiary/aromatic N) is 4. The van der Waals surface area contributed by atoms with Crippen LogP contribution in [0.3, 0.4) is 0 Å². The number of aryl methyl sites for hydroxylation is 2. The van der Waals surface area contributed by atoms with Crippen LogP contribution in [0.25, 0.3) is 21.4 Å². The molecule has 1 aromatic heterocycles. The third-order valence-electron chi connectivity index (χ3n) is 4.85. The Morgan fingerprint density at radius 1 is 1.26 bits per heavy atom. The van der Waals surface area contributed by atoms with E-state index in [2.05, 4.69) is 47.1 Å². The van der Waals surface area contributed by atoms with E-state index in [1.807, 2.05) is 6.20 Å². The van der Waals surface area contributed by atoms with E-state index < -0.39 is 0 Å². The average molecular weight is 299 g/mol. The van der Waals surface area contributed by atoms with Crippen molar-refractivity contribution >= 4 is 16.6 Å². The van der Waals surface area contributed by atoms with Gasteiger partial charge in [-0.1, -0.05) is 18.2 Å². The first-order valence-corrected chi connectivity index (χ1v) is 7.52. The molecule has 3 aromatic rings. The van der Waals surface area contributed by atoms with Crippen LogP contribution >= 0.6 is 0 Å². The highest BCUT2D eigenvalue weighted by atomic mass is 15.4. The maximum atomic E-state index is 9.37. The van der Waals surface area contributed by atoms with E-state index in [0.717, 1.165) is 23.1 Å². The Hall–Kier alpha value is -3.11. The zero-order valence-electron chi connectivity index (χ0n) is 13.3. The van der Waals surface area contributed by atoms with Gasteiger partial charge in [-0.3, -0.25) is 0 Å². The SMILES string of the molecule is [C-]#[N+]c1ccc(C#N)c2c[n+]3n(c12)-c1c(C)cc(C)c(C)c1C3. The maximum absolute atomic E-state index is 9.37. The van der Waals surface area contributed by atoms with Crippen LogP contribution in [0.15, 0.2) is 24.4 Å². The van der Waals surface area contributed by atoms with Gasteiger partial charge in [0.25, 0.3) is 0 Å². The number of hydrogen-bond acceptors (Lipinski definition) is 1. The molecule has 1 aliphatic rings. The van der Waals surface area contributed by atoms with Crippen molar-refractivity contribution in [2.24, 2.45) is 0 Å². The molecular formula is C19H15N4+. The molecule has 1 aliphatic heterocycles. The van der Waals surface area contributed by atoms with Crippen LogP contribution in [0.4, 0.5) is 5.69 Å². The summed E-state index contributed by atoms with van der Waals surface area (Å²) < 4.78 is 4.23. The van der Waals surface area contributed by atoms with E-state index in [1.165, 1.54) is 22.3 Å². The molecule has 0 spiro atoms. The molecule has 110 valence electrons. The lowest BCUT2D eigenvalue weighted by Crippen LogP contribution is -2.36. The van der Waals surface area contributed by atoms with Gasteiger partial charge in [0.1, 0.15) is 11.2 Å². The zero-order valence-corrected chi connectivity index (χ0v) is 13.3. The maximum Gasteiger partial charge on any atom is 0.217 e. The first-order chi connectivity index (χ1) is 11.1. The lowest BCUT2D eigenvalue weighted by atomic mass is 9.97. The summed E-state index contributed by atoms with van der Waals surface area (Å²) in [6.45, 7) is 14.7. The second-order valence-electron chi connectivity index (χ2n) is 6.12. The predicted molar refractivity (Wildman–Crippen MR) is 87.8 cm³/mol. The summed E-state index contributed by atoms with van der Waals surface area (Å²) >= 11 is 0. The molecule has 4 nitrogen and oxygen atoms in total. The van der Waals surface area contributed by atoms with Gasteiger partial charge in [0.05, 0.1) is 29.2 Å². The van der Waals surface area contributed by atoms with Gasteiger partial charge in [0.15, 0.2) is 6.54 Å². The summed E-state index contributed by atoms with van der Waals surface area (Å²) in [4.78, 5) is 3.67. The summed E-state index contributed by atoms with van der Waals surface area (Å²) in [6.07, 6.45) is 2.00. The standard InChI is InChI=1S/C19H15N4/c1-11-7-12(2)18-15(13(11)3)9-22-10-16-14(8-20)5-6-17(21-4)19(16)23(18)22/h5-7,10H,9H2,1-3H3/q+1. The quantitative estimate of drug-likeness (QED) is 0.361. The predicted octanol–water partition coefficient (Wildman–Crippen LogP) is 3.63. The fourth-order valence-electron chi connectivity index (χ4n) is 3.63. The van der Waals surface area contributed by atoms with Crippen molar-refractivity contribution in [3.05, 3.63) is 63.6 Å². The number of rotatable bonds is 0. The molecule has 4 rings (SSSR count). The highest BCUT2D eigenvalue weighted by Gasteiger charge is 2.33. The van der Waals surface area contributed by atoms with E-state index >= 15 is 0 Å². The van der Waals surface area contributed by atoms with E-state index in [4.69, 9.17) is 6.57 Å². The molecular weight excluding hydrogens is 284 g/mol. The van der Waals surface area contributed by atoms with Gasteiger partial charge in [-0.05, 0) is 37.5 Å². The highest BCUT2D eigenvalue weighted by Crippen LogP contribution is 2.36. The molecule has 0 fully saturated rings. The van der Waals surface area contributed by atoms with E-state index in [0.29, 0.717) is 11.3 Å². The Kier molecular flexibility index (Phi) is 2.62. The van der Waals surface area contributed by atoms with Gasteiger partial charge in [-0.15, -0.1) is 9.36 Å². The van der Waals surface area contributed by atoms with Crippen molar-refractivity contribution in [1.82, 2.24) is 4.68 Å². The normalized spacial score (nSPS) is 11.9. The van der Waals surface area contributed by atoms with Crippen LogP contribution in [0.1, 0.15) is 27.8 Å². The Balaban J connectivity index is 2.20. The van der Waals surface area contributed by atoms with Gasteiger partial charge in [-0.25, -0.2) is 4.85 Å². The summed E-state index contributed by atoms with van der Waals surface area (Å²) in [5, 5.41) is 10.2. The Bertz CT molecular complexity index is 1090. The summed E-state index contributed by atoms with van der Waals surface area (Å²) in [6, 6.07) is 7.92. The number of benzene rings is 2. The fourth-order valence-corrected chi connectivity index (χ4v) is 3.63. The van der Waals surface area contributed by atoms with Crippen LogP contribution in [0, 0.1) is 38.7 Å². The number of nitriles is 1. The second kappa shape index (κ2) is 4.44. The van der Waals surface area contributed by atoms with Gasteiger partial charge in [0, 0.05) is 0 Å². The average Bonchev–Trinajstić information content (AvgIpc) is 3.08. The van der Waals surface area contributed by atoms with E-state index in [9.17, 15) is 5.26 Å². The summed E-state index contributed by atoms with van der Waals surface area (Å²) in [5.74, 6) is 0. The molecule has 0 bridgehead atoms. The molecule has 0 saturated heterocycles. The minimum absolute atomic E-state index is 0.586. The van der Waals surface area contributed by atoms with Crippen LogP contribution in [0.5, 0.6) is 0 Å². The minimum Gasteiger partial charge on any atom is -0.236 e. The molecule has 2 aromatic carbocycles. The molecule has 2 heterocycles. The van der Waals surface area contributed by atoms with Gasteiger partial charge < -0.3 is 0 Å². The summed E-state index contributed by atoms with van der Waals surface area (Å²) in [5.41, 5.74) is 8.30. The third kappa shape index (κ3) is 1.61. The molecule has 0 amide bonds. The summed E-state index contributed by atoms with van der Waals surface area (Å²) in [7, 11) is 0. The Morgan fingerprint density at radius 2 is 2.04 bits per heavy atom. The van der Waals surface area contributed by atoms with Crippen molar-refractivity contribution in [1.29, 1.82) is 5.26 Å². The van der Waals surface area contributed by atoms with Crippen LogP contribution in [-0.4, -0.2) is 4.68 Å². The van der Waals surface area contributed by atoms with Crippen molar-refractivity contribution < 1.29 is 4.68 Å². The third-order valence-corrected chi connectivity index (χ3v) is 4.85. The van der Waals surface area contributed by atoms with Gasteiger partial charge in [-0.2, -0.15) is 5.26 Å². The number of aromatic nitrogens is 2. The van der Waals surface area contributed by atoms with Crippen LogP contribution in [0.2, 0.25) is 0 Å². The monoisotopic (exact) mass is 299 g/mol. The van der Waals surface area contributed by atoms with Gasteiger partial charge >= 0.3 is 0 Å². The Labute approximate surface area is 134 Å². The van der Waals surface area contributed by atoms with E-state index in [-0.39, 0.29) is 0 Å². The molecule has 23 heavy (non-hydrogen) atoms. The molecule has 0 radical (unpaired) electrons. The molecule has 0 atom stereocenters. The lowest BCUT2D eigenvalue weighted by molar-refractivity contribution is -0.749. The molecule has 0 aliphatic carbocycles. The second-order valence-corrected chi connectivity index (χ2v) is 6.12.